The first-order valence-electron chi connectivity index (χ1n) is 5.70. The second-order valence-electron chi connectivity index (χ2n) is 3.73. The number of nitrogens with zero attached hydrogens (tertiary/aromatic N) is 1. The summed E-state index contributed by atoms with van der Waals surface area (Å²) in [5.74, 6) is 0.346. The van der Waals surface area contributed by atoms with Crippen LogP contribution in [0.15, 0.2) is 42.5 Å². The van der Waals surface area contributed by atoms with Gasteiger partial charge in [0, 0.05) is 11.8 Å². The van der Waals surface area contributed by atoms with Crippen LogP contribution in [0.25, 0.3) is 0 Å². The van der Waals surface area contributed by atoms with Gasteiger partial charge in [0.25, 0.3) is 5.91 Å². The number of carbonyl (C=O) groups is 1. The summed E-state index contributed by atoms with van der Waals surface area (Å²) >= 11 is 0. The molecule has 1 aromatic carbocycles. The summed E-state index contributed by atoms with van der Waals surface area (Å²) in [4.78, 5) is 16.2. The predicted octanol–water partition coefficient (Wildman–Crippen LogP) is 2.35. The molecule has 1 aromatic heterocycles. The van der Waals surface area contributed by atoms with Crippen LogP contribution in [-0.4, -0.2) is 25.1 Å². The average molecular weight is 258 g/mol. The summed E-state index contributed by atoms with van der Waals surface area (Å²) in [6.45, 7) is 0. The zero-order chi connectivity index (χ0) is 13.7. The van der Waals surface area contributed by atoms with Crippen LogP contribution in [0.1, 0.15) is 10.4 Å². The van der Waals surface area contributed by atoms with E-state index in [2.05, 4.69) is 10.3 Å². The molecule has 2 rings (SSSR count). The highest BCUT2D eigenvalue weighted by Gasteiger charge is 2.14. The van der Waals surface area contributed by atoms with Crippen LogP contribution in [0.5, 0.6) is 11.8 Å². The quantitative estimate of drug-likeness (QED) is 0.914. The molecule has 0 aliphatic heterocycles. The first-order chi connectivity index (χ1) is 9.24. The number of methoxy groups -OCH3 is 2. The van der Waals surface area contributed by atoms with Gasteiger partial charge in [-0.15, -0.1) is 0 Å². The van der Waals surface area contributed by atoms with Crippen molar-refractivity contribution in [3.05, 3.63) is 48.0 Å². The Morgan fingerprint density at radius 3 is 2.42 bits per heavy atom. The van der Waals surface area contributed by atoms with Crippen LogP contribution in [0.4, 0.5) is 5.69 Å². The molecule has 0 unspecified atom stereocenters. The summed E-state index contributed by atoms with van der Waals surface area (Å²) in [5, 5.41) is 2.77. The molecular weight excluding hydrogens is 244 g/mol. The van der Waals surface area contributed by atoms with Crippen LogP contribution >= 0.6 is 0 Å². The van der Waals surface area contributed by atoms with Crippen molar-refractivity contribution < 1.29 is 14.3 Å². The molecule has 5 nitrogen and oxygen atoms in total. The van der Waals surface area contributed by atoms with Gasteiger partial charge >= 0.3 is 0 Å². The molecule has 0 aliphatic rings. The number of rotatable bonds is 4. The lowest BCUT2D eigenvalue weighted by molar-refractivity contribution is 0.102. The summed E-state index contributed by atoms with van der Waals surface area (Å²) in [6.07, 6.45) is 0. The van der Waals surface area contributed by atoms with Crippen molar-refractivity contribution in [2.24, 2.45) is 0 Å². The molecule has 2 aromatic rings. The molecule has 1 amide bonds. The zero-order valence-corrected chi connectivity index (χ0v) is 10.7. The van der Waals surface area contributed by atoms with Gasteiger partial charge in [-0.1, -0.05) is 18.2 Å². The first kappa shape index (κ1) is 12.9. The lowest BCUT2D eigenvalue weighted by Crippen LogP contribution is -2.14. The van der Waals surface area contributed by atoms with Gasteiger partial charge < -0.3 is 14.8 Å². The van der Waals surface area contributed by atoms with Crippen molar-refractivity contribution in [3.63, 3.8) is 0 Å². The lowest BCUT2D eigenvalue weighted by Gasteiger charge is -2.09. The number of nitrogens with one attached hydrogen (secondary N) is 1. The largest absolute Gasteiger partial charge is 0.481 e. The number of ether oxygens (including phenoxy) is 2. The van der Waals surface area contributed by atoms with E-state index in [-0.39, 0.29) is 11.8 Å². The Kier molecular flexibility index (Phi) is 3.97. The Morgan fingerprint density at radius 1 is 1.05 bits per heavy atom. The summed E-state index contributed by atoms with van der Waals surface area (Å²) in [6, 6.07) is 12.4. The van der Waals surface area contributed by atoms with E-state index < -0.39 is 0 Å². The Hall–Kier alpha value is -2.56. The summed E-state index contributed by atoms with van der Waals surface area (Å²) in [5.41, 5.74) is 1.07. The summed E-state index contributed by atoms with van der Waals surface area (Å²) in [7, 11) is 2.96. The van der Waals surface area contributed by atoms with Gasteiger partial charge in [-0.2, -0.15) is 4.98 Å². The highest BCUT2D eigenvalue weighted by Crippen LogP contribution is 2.20. The van der Waals surface area contributed by atoms with E-state index in [4.69, 9.17) is 9.47 Å². The maximum absolute atomic E-state index is 12.1. The molecule has 1 heterocycles. The Balaban J connectivity index is 2.24. The molecule has 1 N–H and O–H groups in total. The number of pyridine rings is 1. The lowest BCUT2D eigenvalue weighted by atomic mass is 10.2. The Labute approximate surface area is 111 Å². The average Bonchev–Trinajstić information content (AvgIpc) is 2.47. The number of aromatic nitrogens is 1. The van der Waals surface area contributed by atoms with Gasteiger partial charge in [0.15, 0.2) is 0 Å². The molecule has 0 radical (unpaired) electrons. The van der Waals surface area contributed by atoms with E-state index >= 15 is 0 Å². The molecule has 0 fully saturated rings. The second-order valence-corrected chi connectivity index (χ2v) is 3.73. The van der Waals surface area contributed by atoms with E-state index in [9.17, 15) is 4.79 Å². The maximum Gasteiger partial charge on any atom is 0.261 e. The van der Waals surface area contributed by atoms with Crippen molar-refractivity contribution in [2.45, 2.75) is 0 Å². The Morgan fingerprint density at radius 2 is 1.79 bits per heavy atom. The molecule has 0 atom stereocenters. The van der Waals surface area contributed by atoms with Crippen molar-refractivity contribution in [1.82, 2.24) is 4.98 Å². The minimum atomic E-state index is -0.279. The third-order valence-electron chi connectivity index (χ3n) is 2.51. The molecule has 0 aliphatic carbocycles. The third-order valence-corrected chi connectivity index (χ3v) is 2.51. The van der Waals surface area contributed by atoms with E-state index in [0.717, 1.165) is 0 Å². The van der Waals surface area contributed by atoms with E-state index in [1.165, 1.54) is 14.2 Å². The van der Waals surface area contributed by atoms with Crippen molar-refractivity contribution >= 4 is 11.6 Å². The van der Waals surface area contributed by atoms with Gasteiger partial charge in [-0.05, 0) is 18.2 Å². The van der Waals surface area contributed by atoms with Crippen LogP contribution < -0.4 is 14.8 Å². The van der Waals surface area contributed by atoms with Crippen LogP contribution in [0.2, 0.25) is 0 Å². The van der Waals surface area contributed by atoms with Gasteiger partial charge in [0.1, 0.15) is 5.56 Å². The smallest absolute Gasteiger partial charge is 0.261 e. The van der Waals surface area contributed by atoms with Crippen molar-refractivity contribution in [3.8, 4) is 11.8 Å². The number of anilines is 1. The number of para-hydroxylation sites is 1. The summed E-state index contributed by atoms with van der Waals surface area (Å²) < 4.78 is 10.1. The van der Waals surface area contributed by atoms with Crippen LogP contribution in [-0.2, 0) is 0 Å². The van der Waals surface area contributed by atoms with Gasteiger partial charge in [-0.25, -0.2) is 0 Å². The highest BCUT2D eigenvalue weighted by atomic mass is 16.5. The van der Waals surface area contributed by atoms with Crippen molar-refractivity contribution in [2.75, 3.05) is 19.5 Å². The molecule has 0 spiro atoms. The third kappa shape index (κ3) is 3.01. The standard InChI is InChI=1S/C14H14N2O3/c1-18-12-9-8-11(14(16-12)19-2)13(17)15-10-6-4-3-5-7-10/h3-9H,1-2H3,(H,15,17). The minimum Gasteiger partial charge on any atom is -0.481 e. The van der Waals surface area contributed by atoms with Crippen molar-refractivity contribution in [1.29, 1.82) is 0 Å². The normalized spacial score (nSPS) is 9.79. The molecule has 19 heavy (non-hydrogen) atoms. The molecule has 0 bridgehead atoms. The fourth-order valence-electron chi connectivity index (χ4n) is 1.59. The number of amides is 1. The van der Waals surface area contributed by atoms with Gasteiger partial charge in [0.05, 0.1) is 14.2 Å². The maximum atomic E-state index is 12.1. The fourth-order valence-corrected chi connectivity index (χ4v) is 1.59. The molecule has 98 valence electrons. The van der Waals surface area contributed by atoms with Gasteiger partial charge in [0.2, 0.25) is 11.8 Å². The molecular formula is C14H14N2O3. The predicted molar refractivity (Wildman–Crippen MR) is 71.7 cm³/mol. The monoisotopic (exact) mass is 258 g/mol. The highest BCUT2D eigenvalue weighted by molar-refractivity contribution is 6.05. The van der Waals surface area contributed by atoms with E-state index in [1.54, 1.807) is 24.3 Å². The molecule has 5 heteroatoms. The molecule has 0 saturated heterocycles. The molecule has 0 saturated carbocycles. The number of benzene rings is 1. The number of carbonyl (C=O) groups excluding carboxylic acids is 1. The SMILES string of the molecule is COc1ccc(C(=O)Nc2ccccc2)c(OC)n1. The van der Waals surface area contributed by atoms with E-state index in [0.29, 0.717) is 17.1 Å². The van der Waals surface area contributed by atoms with Crippen LogP contribution in [0, 0.1) is 0 Å². The topological polar surface area (TPSA) is 60.5 Å². The minimum absolute atomic E-state index is 0.229. The number of hydrogen-bond donors (Lipinski definition) is 1. The van der Waals surface area contributed by atoms with Gasteiger partial charge in [-0.3, -0.25) is 4.79 Å². The number of hydrogen-bond acceptors (Lipinski definition) is 4. The Bertz CT molecular complexity index is 570. The van der Waals surface area contributed by atoms with E-state index in [1.807, 2.05) is 18.2 Å². The second kappa shape index (κ2) is 5.86. The first-order valence-corrected chi connectivity index (χ1v) is 5.70. The fraction of sp³-hybridized carbons (Fsp3) is 0.143. The zero-order valence-electron chi connectivity index (χ0n) is 10.7. The van der Waals surface area contributed by atoms with Crippen LogP contribution in [0.3, 0.4) is 0 Å².